The monoisotopic (exact) mass is 360 g/mol. The molecule has 132 valence electrons. The number of halogens is 1. The molecule has 1 saturated heterocycles. The highest BCUT2D eigenvalue weighted by atomic mass is 32.1. The number of hydrogen-bond donors (Lipinski definition) is 0. The second kappa shape index (κ2) is 6.71. The summed E-state index contributed by atoms with van der Waals surface area (Å²) in [5.74, 6) is 0.0871. The first-order valence-electron chi connectivity index (χ1n) is 8.75. The Bertz CT molecular complexity index is 793. The van der Waals surface area contributed by atoms with Crippen LogP contribution in [-0.2, 0) is 24.2 Å². The summed E-state index contributed by atoms with van der Waals surface area (Å²) >= 11 is 1.77. The zero-order chi connectivity index (χ0) is 17.4. The maximum absolute atomic E-state index is 14.5. The highest BCUT2D eigenvalue weighted by Gasteiger charge is 2.34. The van der Waals surface area contributed by atoms with E-state index in [0.717, 1.165) is 19.4 Å². The lowest BCUT2D eigenvalue weighted by molar-refractivity contribution is -0.135. The van der Waals surface area contributed by atoms with Crippen LogP contribution in [0.4, 0.5) is 10.2 Å². The van der Waals surface area contributed by atoms with Crippen LogP contribution in [0.15, 0.2) is 17.8 Å². The van der Waals surface area contributed by atoms with Crippen LogP contribution in [0.5, 0.6) is 0 Å². The van der Waals surface area contributed by atoms with Gasteiger partial charge in [-0.1, -0.05) is 6.92 Å². The summed E-state index contributed by atoms with van der Waals surface area (Å²) in [6.45, 7) is 4.55. The summed E-state index contributed by atoms with van der Waals surface area (Å²) in [5.41, 5.74) is 1.70. The zero-order valence-electron chi connectivity index (χ0n) is 14.2. The summed E-state index contributed by atoms with van der Waals surface area (Å²) in [5, 5.41) is 2.10. The molecule has 0 aliphatic carbocycles. The zero-order valence-corrected chi connectivity index (χ0v) is 15.1. The van der Waals surface area contributed by atoms with Gasteiger partial charge in [-0.3, -0.25) is 4.79 Å². The highest BCUT2D eigenvalue weighted by Crippen LogP contribution is 2.29. The predicted octanol–water partition coefficient (Wildman–Crippen LogP) is 2.65. The van der Waals surface area contributed by atoms with Gasteiger partial charge in [0.1, 0.15) is 6.33 Å². The molecular weight excluding hydrogens is 339 g/mol. The highest BCUT2D eigenvalue weighted by molar-refractivity contribution is 7.10. The van der Waals surface area contributed by atoms with Crippen molar-refractivity contribution in [2.75, 3.05) is 24.5 Å². The van der Waals surface area contributed by atoms with Crippen molar-refractivity contribution in [2.24, 2.45) is 5.92 Å². The number of rotatable bonds is 3. The fraction of sp³-hybridized carbons (Fsp3) is 0.500. The van der Waals surface area contributed by atoms with Crippen molar-refractivity contribution in [1.82, 2.24) is 14.9 Å². The molecule has 5 nitrogen and oxygen atoms in total. The number of nitrogens with zero attached hydrogens (tertiary/aromatic N) is 4. The first kappa shape index (κ1) is 16.4. The topological polar surface area (TPSA) is 49.3 Å². The second-order valence-electron chi connectivity index (χ2n) is 6.62. The molecule has 2 aromatic heterocycles. The molecule has 4 rings (SSSR count). The molecule has 25 heavy (non-hydrogen) atoms. The molecule has 0 radical (unpaired) electrons. The van der Waals surface area contributed by atoms with Crippen molar-refractivity contribution < 1.29 is 9.18 Å². The van der Waals surface area contributed by atoms with Crippen molar-refractivity contribution >= 4 is 23.1 Å². The van der Waals surface area contributed by atoms with Crippen LogP contribution >= 0.6 is 11.3 Å². The van der Waals surface area contributed by atoms with Crippen molar-refractivity contribution in [3.63, 3.8) is 0 Å². The van der Waals surface area contributed by atoms with Gasteiger partial charge >= 0.3 is 0 Å². The van der Waals surface area contributed by atoms with Gasteiger partial charge in [0.15, 0.2) is 11.6 Å². The number of aryl methyl sites for hydroxylation is 1. The normalized spacial score (nSPS) is 20.0. The van der Waals surface area contributed by atoms with E-state index in [9.17, 15) is 9.18 Å². The Labute approximate surface area is 150 Å². The third kappa shape index (κ3) is 3.01. The van der Waals surface area contributed by atoms with Crippen LogP contribution in [0.25, 0.3) is 0 Å². The van der Waals surface area contributed by atoms with Gasteiger partial charge in [0.2, 0.25) is 5.91 Å². The maximum atomic E-state index is 14.5. The fourth-order valence-corrected chi connectivity index (χ4v) is 4.60. The molecule has 4 heterocycles. The van der Waals surface area contributed by atoms with Crippen LogP contribution in [0.1, 0.15) is 29.5 Å². The van der Waals surface area contributed by atoms with Crippen LogP contribution in [0, 0.1) is 11.7 Å². The Morgan fingerprint density at radius 3 is 3.12 bits per heavy atom. The largest absolute Gasteiger partial charge is 0.353 e. The van der Waals surface area contributed by atoms with Crippen LogP contribution in [0.2, 0.25) is 0 Å². The summed E-state index contributed by atoms with van der Waals surface area (Å²) < 4.78 is 14.5. The molecule has 0 bridgehead atoms. The molecule has 0 N–H and O–H groups in total. The van der Waals surface area contributed by atoms with Crippen molar-refractivity contribution in [3.8, 4) is 0 Å². The van der Waals surface area contributed by atoms with Gasteiger partial charge in [-0.05, 0) is 36.3 Å². The number of fused-ring (bicyclic) bond motifs is 1. The molecule has 1 unspecified atom stereocenters. The third-order valence-corrected chi connectivity index (χ3v) is 6.16. The summed E-state index contributed by atoms with van der Waals surface area (Å²) in [7, 11) is 0. The smallest absolute Gasteiger partial charge is 0.227 e. The van der Waals surface area contributed by atoms with E-state index in [-0.39, 0.29) is 17.6 Å². The quantitative estimate of drug-likeness (QED) is 0.844. The van der Waals surface area contributed by atoms with E-state index >= 15 is 0 Å². The Morgan fingerprint density at radius 2 is 2.28 bits per heavy atom. The van der Waals surface area contributed by atoms with Crippen LogP contribution < -0.4 is 4.90 Å². The second-order valence-corrected chi connectivity index (χ2v) is 7.62. The summed E-state index contributed by atoms with van der Waals surface area (Å²) in [6, 6.07) is 2.11. The third-order valence-electron chi connectivity index (χ3n) is 5.13. The number of carbonyl (C=O) groups is 1. The minimum Gasteiger partial charge on any atom is -0.353 e. The SMILES string of the molecule is CCc1ncnc(N2CCC(C(=O)N3CCc4sccc4C3)C2)c1F. The Morgan fingerprint density at radius 1 is 1.40 bits per heavy atom. The average molecular weight is 360 g/mol. The van der Waals surface area contributed by atoms with Crippen LogP contribution in [0.3, 0.4) is 0 Å². The van der Waals surface area contributed by atoms with Crippen molar-refractivity contribution in [3.05, 3.63) is 39.7 Å². The first-order chi connectivity index (χ1) is 12.2. The van der Waals surface area contributed by atoms with Crippen molar-refractivity contribution in [1.29, 1.82) is 0 Å². The van der Waals surface area contributed by atoms with Gasteiger partial charge in [-0.2, -0.15) is 0 Å². The number of aromatic nitrogens is 2. The number of amides is 1. The van der Waals surface area contributed by atoms with Gasteiger partial charge in [-0.25, -0.2) is 14.4 Å². The lowest BCUT2D eigenvalue weighted by Gasteiger charge is -2.29. The Hall–Kier alpha value is -2.02. The summed E-state index contributed by atoms with van der Waals surface area (Å²) in [4.78, 5) is 26.2. The van der Waals surface area contributed by atoms with E-state index in [0.29, 0.717) is 37.6 Å². The van der Waals surface area contributed by atoms with E-state index in [2.05, 4.69) is 21.4 Å². The van der Waals surface area contributed by atoms with Gasteiger partial charge in [0.25, 0.3) is 0 Å². The maximum Gasteiger partial charge on any atom is 0.227 e. The lowest BCUT2D eigenvalue weighted by Crippen LogP contribution is -2.40. The standard InChI is InChI=1S/C18H21FN4OS/c1-2-14-16(19)17(21-11-20-14)22-6-3-13(10-22)18(24)23-7-4-15-12(9-23)5-8-25-15/h5,8,11,13H,2-4,6-7,9-10H2,1H3. The minimum absolute atomic E-state index is 0.0837. The molecule has 2 aromatic rings. The van der Waals surface area contributed by atoms with E-state index in [1.807, 2.05) is 16.7 Å². The molecule has 7 heteroatoms. The molecule has 1 atom stereocenters. The van der Waals surface area contributed by atoms with E-state index in [4.69, 9.17) is 0 Å². The number of carbonyl (C=O) groups excluding carboxylic acids is 1. The number of hydrogen-bond acceptors (Lipinski definition) is 5. The molecule has 0 spiro atoms. The average Bonchev–Trinajstić information content (AvgIpc) is 3.30. The van der Waals surface area contributed by atoms with Gasteiger partial charge in [0.05, 0.1) is 11.6 Å². The van der Waals surface area contributed by atoms with Gasteiger partial charge < -0.3 is 9.80 Å². The molecule has 0 saturated carbocycles. The lowest BCUT2D eigenvalue weighted by atomic mass is 10.0. The first-order valence-corrected chi connectivity index (χ1v) is 9.63. The molecule has 1 amide bonds. The molecular formula is C18H21FN4OS. The predicted molar refractivity (Wildman–Crippen MR) is 95.1 cm³/mol. The number of thiophene rings is 1. The Kier molecular flexibility index (Phi) is 4.41. The molecule has 0 aromatic carbocycles. The van der Waals surface area contributed by atoms with E-state index in [1.54, 1.807) is 11.3 Å². The van der Waals surface area contributed by atoms with E-state index in [1.165, 1.54) is 16.8 Å². The van der Waals surface area contributed by atoms with Gasteiger partial charge in [-0.15, -0.1) is 11.3 Å². The van der Waals surface area contributed by atoms with Crippen LogP contribution in [-0.4, -0.2) is 40.4 Å². The molecule has 1 fully saturated rings. The summed E-state index contributed by atoms with van der Waals surface area (Å²) in [6.07, 6.45) is 3.63. The minimum atomic E-state index is -0.348. The van der Waals surface area contributed by atoms with E-state index < -0.39 is 0 Å². The van der Waals surface area contributed by atoms with Crippen molar-refractivity contribution in [2.45, 2.75) is 32.7 Å². The fourth-order valence-electron chi connectivity index (χ4n) is 3.71. The molecule has 2 aliphatic rings. The number of anilines is 1. The Balaban J connectivity index is 1.45. The molecule has 2 aliphatic heterocycles. The van der Waals surface area contributed by atoms with Gasteiger partial charge in [0, 0.05) is 31.1 Å².